The first kappa shape index (κ1) is 49.7. The molecule has 1 aliphatic carbocycles. The molecule has 13 nitrogen and oxygen atoms in total. The fraction of sp³-hybridized carbons (Fsp3) is 0.373. The lowest BCUT2D eigenvalue weighted by Gasteiger charge is -2.44. The van der Waals surface area contributed by atoms with Crippen LogP contribution in [0.3, 0.4) is 0 Å². The normalized spacial score (nSPS) is 20.9. The molecule has 2 bridgehead atoms. The molecule has 0 spiro atoms. The van der Waals surface area contributed by atoms with E-state index in [0.717, 1.165) is 72.5 Å². The number of thioether (sulfide) groups is 1. The van der Waals surface area contributed by atoms with E-state index >= 15 is 0 Å². The number of alkyl halides is 2. The van der Waals surface area contributed by atoms with Crippen molar-refractivity contribution in [2.75, 3.05) is 38.5 Å². The number of carbonyl (C=O) groups excluding carboxylic acids is 3. The summed E-state index contributed by atoms with van der Waals surface area (Å²) in [7, 11) is -4.44. The highest BCUT2D eigenvalue weighted by Gasteiger charge is 2.43. The highest BCUT2D eigenvalue weighted by molar-refractivity contribution is 8.02. The van der Waals surface area contributed by atoms with E-state index in [1.54, 1.807) is 18.2 Å². The second-order valence-electron chi connectivity index (χ2n) is 17.7. The molecule has 0 unspecified atom stereocenters. The molecular weight excluding hydrogens is 988 g/mol. The molecule has 4 saturated heterocycles. The van der Waals surface area contributed by atoms with Gasteiger partial charge in [0.15, 0.2) is 16.9 Å². The molecule has 4 aliphatic heterocycles. The molecule has 70 heavy (non-hydrogen) atoms. The molecule has 19 heteroatoms. The second-order valence-corrected chi connectivity index (χ2v) is 21.6. The molecule has 5 aliphatic rings. The van der Waals surface area contributed by atoms with Crippen LogP contribution in [0.15, 0.2) is 114 Å². The first-order valence-corrected chi connectivity index (χ1v) is 26.3. The molecule has 5 fully saturated rings. The zero-order valence-corrected chi connectivity index (χ0v) is 40.8. The average Bonchev–Trinajstić information content (AvgIpc) is 4.05. The summed E-state index contributed by atoms with van der Waals surface area (Å²) in [6.07, 6.45) is 5.30. The largest absolute Gasteiger partial charge is 0.489 e. The number of pyridine rings is 1. The number of hydrogen-bond acceptors (Lipinski definition) is 13. The van der Waals surface area contributed by atoms with Gasteiger partial charge in [0.1, 0.15) is 18.0 Å². The van der Waals surface area contributed by atoms with E-state index in [-0.39, 0.29) is 87.5 Å². The topological polar surface area (TPSA) is 151 Å². The van der Waals surface area contributed by atoms with E-state index in [1.807, 2.05) is 36.4 Å². The van der Waals surface area contributed by atoms with Gasteiger partial charge in [0.25, 0.3) is 0 Å². The van der Waals surface area contributed by atoms with Crippen molar-refractivity contribution >= 4 is 62.9 Å². The van der Waals surface area contributed by atoms with Crippen LogP contribution in [0.25, 0.3) is 0 Å². The molecule has 1 saturated carbocycles. The summed E-state index contributed by atoms with van der Waals surface area (Å²) in [5.74, 6) is -1.61. The van der Waals surface area contributed by atoms with Gasteiger partial charge in [-0.15, -0.1) is 11.8 Å². The summed E-state index contributed by atoms with van der Waals surface area (Å²) in [5, 5.41) is -1.00. The molecule has 4 atom stereocenters. The van der Waals surface area contributed by atoms with Gasteiger partial charge in [-0.25, -0.2) is 18.0 Å². The molecule has 10 rings (SSSR count). The Bertz CT molecular complexity index is 2800. The molecule has 5 heterocycles. The Hall–Kier alpha value is -5.30. The number of aromatic nitrogens is 1. The average molecular weight is 1040 g/mol. The fourth-order valence-electron chi connectivity index (χ4n) is 9.08. The Balaban J connectivity index is 0.912. The van der Waals surface area contributed by atoms with Crippen molar-refractivity contribution < 1.29 is 55.3 Å². The van der Waals surface area contributed by atoms with Crippen LogP contribution >= 0.6 is 35.0 Å². The van der Waals surface area contributed by atoms with Crippen molar-refractivity contribution in [3.8, 4) is 17.2 Å². The van der Waals surface area contributed by atoms with E-state index in [1.165, 1.54) is 54.9 Å². The van der Waals surface area contributed by atoms with E-state index < -0.39 is 46.0 Å². The van der Waals surface area contributed by atoms with Crippen LogP contribution in [0.1, 0.15) is 76.7 Å². The molecule has 1 aromatic heterocycles. The molecule has 368 valence electrons. The van der Waals surface area contributed by atoms with Crippen LogP contribution in [0, 0.1) is 11.8 Å². The van der Waals surface area contributed by atoms with Gasteiger partial charge in [0.05, 0.1) is 33.5 Å². The molecule has 0 amide bonds. The van der Waals surface area contributed by atoms with Crippen LogP contribution in [-0.2, 0) is 35.5 Å². The number of piperidine rings is 3. The molecule has 0 N–H and O–H groups in total. The smallest absolute Gasteiger partial charge is 0.387 e. The maximum absolute atomic E-state index is 14.4. The van der Waals surface area contributed by atoms with Gasteiger partial charge in [-0.1, -0.05) is 77.8 Å². The van der Waals surface area contributed by atoms with E-state index in [4.69, 9.17) is 46.9 Å². The number of nitrogens with zero attached hydrogens (tertiary/aromatic N) is 3. The van der Waals surface area contributed by atoms with Crippen LogP contribution in [0.4, 0.5) is 8.78 Å². The van der Waals surface area contributed by atoms with Gasteiger partial charge < -0.3 is 23.7 Å². The van der Waals surface area contributed by atoms with Crippen LogP contribution in [-0.4, -0.2) is 97.1 Å². The highest BCUT2D eigenvalue weighted by atomic mass is 35.5. The minimum absolute atomic E-state index is 0.0104. The number of halogens is 4. The predicted octanol–water partition coefficient (Wildman–Crippen LogP) is 9.75. The lowest BCUT2D eigenvalue weighted by Crippen LogP contribution is -2.52. The van der Waals surface area contributed by atoms with Gasteiger partial charge in [-0.2, -0.15) is 13.1 Å². The highest BCUT2D eigenvalue weighted by Crippen LogP contribution is 2.40. The number of ether oxygens (including phenoxy) is 5. The van der Waals surface area contributed by atoms with Crippen molar-refractivity contribution in [2.24, 2.45) is 11.8 Å². The van der Waals surface area contributed by atoms with Crippen molar-refractivity contribution in [3.05, 3.63) is 147 Å². The van der Waals surface area contributed by atoms with E-state index in [0.29, 0.717) is 17.0 Å². The Morgan fingerprint density at radius 1 is 0.814 bits per heavy atom. The Kier molecular flexibility index (Phi) is 15.6. The van der Waals surface area contributed by atoms with Crippen LogP contribution < -0.4 is 14.2 Å². The zero-order chi connectivity index (χ0) is 48.9. The number of carbonyl (C=O) groups is 3. The first-order chi connectivity index (χ1) is 33.8. The first-order valence-electron chi connectivity index (χ1n) is 23.0. The van der Waals surface area contributed by atoms with Gasteiger partial charge >= 0.3 is 24.5 Å². The third kappa shape index (κ3) is 11.9. The third-order valence-electron chi connectivity index (χ3n) is 13.0. The summed E-state index contributed by atoms with van der Waals surface area (Å²) < 4.78 is 85.3. The fourth-order valence-corrected chi connectivity index (χ4v) is 12.7. The SMILES string of the molecule is O=C(C[C@@H](c1ccccc1)c1cccc(OC(=O)c2cccc(S(=O)(=O)N3CCS[C@H]3C(=O)O[C@@H](Cc3c(Cl)cncc3Cl)c3ccc(OC(F)F)c(OCC4CC4)c3)c2)c1)O[C@H]1CN2CCC1CC2. The van der Waals surface area contributed by atoms with Crippen molar-refractivity contribution in [2.45, 2.75) is 73.5 Å². The lowest BCUT2D eigenvalue weighted by atomic mass is 9.85. The van der Waals surface area contributed by atoms with Gasteiger partial charge in [0.2, 0.25) is 10.0 Å². The lowest BCUT2D eigenvalue weighted by molar-refractivity contribution is -0.159. The minimum atomic E-state index is -4.44. The quantitative estimate of drug-likeness (QED) is 0.0571. The Morgan fingerprint density at radius 3 is 2.27 bits per heavy atom. The summed E-state index contributed by atoms with van der Waals surface area (Å²) >= 11 is 14.0. The van der Waals surface area contributed by atoms with E-state index in [9.17, 15) is 31.6 Å². The van der Waals surface area contributed by atoms with Crippen molar-refractivity contribution in [1.29, 1.82) is 0 Å². The maximum Gasteiger partial charge on any atom is 0.387 e. The minimum Gasteiger partial charge on any atom is -0.489 e. The Morgan fingerprint density at radius 2 is 1.56 bits per heavy atom. The van der Waals surface area contributed by atoms with Gasteiger partial charge in [0, 0.05) is 43.6 Å². The summed E-state index contributed by atoms with van der Waals surface area (Å²) in [6.45, 7) is -0.133. The van der Waals surface area contributed by atoms with Crippen molar-refractivity contribution in [3.63, 3.8) is 0 Å². The number of hydrogen-bond donors (Lipinski definition) is 0. The summed E-state index contributed by atoms with van der Waals surface area (Å²) in [4.78, 5) is 47.6. The van der Waals surface area contributed by atoms with Crippen molar-refractivity contribution in [1.82, 2.24) is 14.2 Å². The summed E-state index contributed by atoms with van der Waals surface area (Å²) in [5.41, 5.74) is 2.23. The van der Waals surface area contributed by atoms with Gasteiger partial charge in [-0.3, -0.25) is 14.7 Å². The summed E-state index contributed by atoms with van der Waals surface area (Å²) in [6, 6.07) is 25.9. The number of esters is 3. The molecule has 5 aromatic rings. The molecule has 4 aromatic carbocycles. The number of fused-ring (bicyclic) bond motifs is 3. The second kappa shape index (κ2) is 22.0. The van der Waals surface area contributed by atoms with Gasteiger partial charge in [-0.05, 0) is 115 Å². The number of benzene rings is 4. The third-order valence-corrected chi connectivity index (χ3v) is 16.8. The zero-order valence-electron chi connectivity index (χ0n) is 37.7. The molecular formula is C51H49Cl2F2N3O10S2. The maximum atomic E-state index is 14.4. The predicted molar refractivity (Wildman–Crippen MR) is 258 cm³/mol. The molecule has 0 radical (unpaired) electrons. The Labute approximate surface area is 418 Å². The van der Waals surface area contributed by atoms with E-state index in [2.05, 4.69) is 9.88 Å². The number of rotatable bonds is 19. The standard InChI is InChI=1S/C51H49Cl2F2N3O10S2/c52-41-27-56-28-42(53)40(41)25-44(35-14-15-43(68-51(54)55)45(24-35)64-30-31-12-13-31)67-50(61)48-58(20-21-69-48)70(62,63)38-11-5-9-36(23-38)49(60)65-37-10-4-8-34(22-37)39(32-6-2-1-3-7-32)26-47(59)66-46-29-57-18-16-33(46)17-19-57/h1-11,14-15,22-24,27-28,31,33,39,44,46,48,51H,12-13,16-21,25-26,29-30H2/t39-,44-,46-,48-/m0/s1. The monoisotopic (exact) mass is 1040 g/mol. The number of sulfonamides is 1. The van der Waals surface area contributed by atoms with Crippen LogP contribution in [0.5, 0.6) is 17.2 Å². The van der Waals surface area contributed by atoms with Crippen LogP contribution in [0.2, 0.25) is 10.0 Å².